The molecule has 70 valence electrons. The van der Waals surface area contributed by atoms with Crippen molar-refractivity contribution in [3.05, 3.63) is 27.9 Å². The average molecular weight is 178 g/mol. The van der Waals surface area contributed by atoms with Crippen LogP contribution < -0.4 is 5.69 Å². The molecule has 0 spiro atoms. The van der Waals surface area contributed by atoms with E-state index in [1.165, 1.54) is 18.4 Å². The topological polar surface area (TPSA) is 34.9 Å². The third-order valence-corrected chi connectivity index (χ3v) is 2.55. The van der Waals surface area contributed by atoms with Gasteiger partial charge in [-0.25, -0.2) is 4.79 Å². The minimum Gasteiger partial charge on any atom is -0.302 e. The molecule has 0 amide bonds. The maximum Gasteiger partial charge on any atom is 0.347 e. The molecule has 1 aromatic rings. The van der Waals surface area contributed by atoms with Gasteiger partial charge >= 0.3 is 5.69 Å². The van der Waals surface area contributed by atoms with Crippen LogP contribution in [-0.2, 0) is 13.5 Å². The summed E-state index contributed by atoms with van der Waals surface area (Å²) in [5.74, 6) is 0.675. The Morgan fingerprint density at radius 3 is 2.85 bits per heavy atom. The second kappa shape index (κ2) is 2.98. The van der Waals surface area contributed by atoms with Crippen LogP contribution in [0.1, 0.15) is 36.9 Å². The standard InChI is InChI=1S/C10H14N2O/c1-3-9-8(7-4-5-7)6-12(2)10(13)11-9/h6-7H,3-5H2,1-2H3. The van der Waals surface area contributed by atoms with Crippen molar-refractivity contribution in [2.24, 2.45) is 7.05 Å². The van der Waals surface area contributed by atoms with Crippen molar-refractivity contribution in [1.82, 2.24) is 9.55 Å². The van der Waals surface area contributed by atoms with Crippen LogP contribution in [0.2, 0.25) is 0 Å². The molecule has 1 fully saturated rings. The molecular formula is C10H14N2O. The maximum atomic E-state index is 11.2. The van der Waals surface area contributed by atoms with E-state index in [-0.39, 0.29) is 5.69 Å². The molecule has 1 aliphatic carbocycles. The summed E-state index contributed by atoms with van der Waals surface area (Å²) >= 11 is 0. The lowest BCUT2D eigenvalue weighted by molar-refractivity contribution is 0.761. The van der Waals surface area contributed by atoms with Gasteiger partial charge in [0, 0.05) is 13.2 Å². The lowest BCUT2D eigenvalue weighted by Crippen LogP contribution is -2.22. The quantitative estimate of drug-likeness (QED) is 0.682. The fourth-order valence-corrected chi connectivity index (χ4v) is 1.62. The molecule has 0 saturated heterocycles. The third kappa shape index (κ3) is 1.50. The van der Waals surface area contributed by atoms with Crippen molar-refractivity contribution >= 4 is 0 Å². The Morgan fingerprint density at radius 1 is 1.62 bits per heavy atom. The molecular weight excluding hydrogens is 164 g/mol. The van der Waals surface area contributed by atoms with Crippen LogP contribution in [0.5, 0.6) is 0 Å². The van der Waals surface area contributed by atoms with Crippen molar-refractivity contribution in [1.29, 1.82) is 0 Å². The monoisotopic (exact) mass is 178 g/mol. The van der Waals surface area contributed by atoms with E-state index >= 15 is 0 Å². The lowest BCUT2D eigenvalue weighted by Gasteiger charge is -2.06. The molecule has 0 radical (unpaired) electrons. The molecule has 1 aliphatic rings. The van der Waals surface area contributed by atoms with Crippen LogP contribution in [0, 0.1) is 0 Å². The van der Waals surface area contributed by atoms with Crippen LogP contribution in [0.15, 0.2) is 11.0 Å². The third-order valence-electron chi connectivity index (χ3n) is 2.55. The van der Waals surface area contributed by atoms with Gasteiger partial charge in [0.05, 0.1) is 5.69 Å². The predicted octanol–water partition coefficient (Wildman–Crippen LogP) is 1.22. The number of hydrogen-bond donors (Lipinski definition) is 0. The van der Waals surface area contributed by atoms with Crippen molar-refractivity contribution in [3.8, 4) is 0 Å². The first-order valence-corrected chi connectivity index (χ1v) is 4.78. The van der Waals surface area contributed by atoms with Gasteiger partial charge in [-0.15, -0.1) is 0 Å². The van der Waals surface area contributed by atoms with E-state index in [2.05, 4.69) is 4.98 Å². The Balaban J connectivity index is 2.52. The van der Waals surface area contributed by atoms with E-state index in [0.717, 1.165) is 12.1 Å². The van der Waals surface area contributed by atoms with Gasteiger partial charge < -0.3 is 4.57 Å². The van der Waals surface area contributed by atoms with E-state index in [1.54, 1.807) is 11.6 Å². The summed E-state index contributed by atoms with van der Waals surface area (Å²) in [5, 5.41) is 0. The number of nitrogens with zero attached hydrogens (tertiary/aromatic N) is 2. The van der Waals surface area contributed by atoms with Gasteiger partial charge in [-0.1, -0.05) is 6.92 Å². The Kier molecular flexibility index (Phi) is 1.94. The second-order valence-electron chi connectivity index (χ2n) is 3.66. The zero-order valence-corrected chi connectivity index (χ0v) is 8.08. The molecule has 1 aromatic heterocycles. The first-order chi connectivity index (χ1) is 6.22. The van der Waals surface area contributed by atoms with E-state index in [4.69, 9.17) is 0 Å². The van der Waals surface area contributed by atoms with Crippen LogP contribution in [-0.4, -0.2) is 9.55 Å². The molecule has 1 heterocycles. The van der Waals surface area contributed by atoms with Gasteiger partial charge in [0.2, 0.25) is 0 Å². The molecule has 0 bridgehead atoms. The Hall–Kier alpha value is -1.12. The summed E-state index contributed by atoms with van der Waals surface area (Å²) in [7, 11) is 1.76. The summed E-state index contributed by atoms with van der Waals surface area (Å²) in [6.45, 7) is 2.05. The van der Waals surface area contributed by atoms with Gasteiger partial charge in [0.1, 0.15) is 0 Å². The zero-order chi connectivity index (χ0) is 9.42. The van der Waals surface area contributed by atoms with E-state index < -0.39 is 0 Å². The summed E-state index contributed by atoms with van der Waals surface area (Å²) in [6, 6.07) is 0. The minimum atomic E-state index is -0.138. The predicted molar refractivity (Wildman–Crippen MR) is 50.8 cm³/mol. The first kappa shape index (κ1) is 8.48. The maximum absolute atomic E-state index is 11.2. The van der Waals surface area contributed by atoms with Gasteiger partial charge in [-0.3, -0.25) is 0 Å². The summed E-state index contributed by atoms with van der Waals surface area (Å²) in [6.07, 6.45) is 5.33. The van der Waals surface area contributed by atoms with Crippen LogP contribution in [0.25, 0.3) is 0 Å². The Labute approximate surface area is 77.4 Å². The largest absolute Gasteiger partial charge is 0.347 e. The number of aryl methyl sites for hydroxylation is 2. The highest BCUT2D eigenvalue weighted by Crippen LogP contribution is 2.40. The summed E-state index contributed by atoms with van der Waals surface area (Å²) < 4.78 is 1.58. The summed E-state index contributed by atoms with van der Waals surface area (Å²) in [5.41, 5.74) is 2.14. The summed E-state index contributed by atoms with van der Waals surface area (Å²) in [4.78, 5) is 15.3. The minimum absolute atomic E-state index is 0.138. The average Bonchev–Trinajstić information content (AvgIpc) is 2.92. The van der Waals surface area contributed by atoms with Gasteiger partial charge in [0.15, 0.2) is 0 Å². The van der Waals surface area contributed by atoms with Crippen LogP contribution in [0.4, 0.5) is 0 Å². The van der Waals surface area contributed by atoms with Crippen molar-refractivity contribution in [2.75, 3.05) is 0 Å². The highest BCUT2D eigenvalue weighted by molar-refractivity contribution is 5.25. The molecule has 13 heavy (non-hydrogen) atoms. The number of hydrogen-bond acceptors (Lipinski definition) is 2. The Morgan fingerprint density at radius 2 is 2.31 bits per heavy atom. The van der Waals surface area contributed by atoms with Gasteiger partial charge in [-0.05, 0) is 30.7 Å². The SMILES string of the molecule is CCc1nc(=O)n(C)cc1C1CC1. The van der Waals surface area contributed by atoms with E-state index in [1.807, 2.05) is 13.1 Å². The molecule has 1 saturated carbocycles. The van der Waals surface area contributed by atoms with Crippen molar-refractivity contribution in [3.63, 3.8) is 0 Å². The molecule has 0 unspecified atom stereocenters. The molecule has 3 heteroatoms. The van der Waals surface area contributed by atoms with Crippen molar-refractivity contribution < 1.29 is 0 Å². The number of rotatable bonds is 2. The first-order valence-electron chi connectivity index (χ1n) is 4.78. The van der Waals surface area contributed by atoms with Crippen LogP contribution >= 0.6 is 0 Å². The highest BCUT2D eigenvalue weighted by Gasteiger charge is 2.26. The fraction of sp³-hybridized carbons (Fsp3) is 0.600. The van der Waals surface area contributed by atoms with Gasteiger partial charge in [-0.2, -0.15) is 4.98 Å². The van der Waals surface area contributed by atoms with E-state index in [9.17, 15) is 4.79 Å². The smallest absolute Gasteiger partial charge is 0.302 e. The zero-order valence-electron chi connectivity index (χ0n) is 8.08. The molecule has 3 nitrogen and oxygen atoms in total. The molecule has 0 atom stereocenters. The second-order valence-corrected chi connectivity index (χ2v) is 3.66. The molecule has 2 rings (SSSR count). The molecule has 0 N–H and O–H groups in total. The fourth-order valence-electron chi connectivity index (χ4n) is 1.62. The van der Waals surface area contributed by atoms with Crippen LogP contribution in [0.3, 0.4) is 0 Å². The normalized spacial score (nSPS) is 16.2. The van der Waals surface area contributed by atoms with E-state index in [0.29, 0.717) is 5.92 Å². The van der Waals surface area contributed by atoms with Crippen molar-refractivity contribution in [2.45, 2.75) is 32.1 Å². The molecule has 0 aromatic carbocycles. The lowest BCUT2D eigenvalue weighted by atomic mass is 10.1. The number of aromatic nitrogens is 2. The molecule has 0 aliphatic heterocycles. The Bertz CT molecular complexity index is 377. The van der Waals surface area contributed by atoms with Gasteiger partial charge in [0.25, 0.3) is 0 Å². The highest BCUT2D eigenvalue weighted by atomic mass is 16.1.